The van der Waals surface area contributed by atoms with Gasteiger partial charge in [0.2, 0.25) is 5.91 Å². The zero-order valence-corrected chi connectivity index (χ0v) is 28.2. The summed E-state index contributed by atoms with van der Waals surface area (Å²) in [6.07, 6.45) is 1.75. The molecule has 0 bridgehead atoms. The fourth-order valence-corrected chi connectivity index (χ4v) is 6.15. The molecule has 4 rings (SSSR count). The number of carboxylic acid groups (broad SMARTS) is 1. The number of aromatic nitrogens is 2. The lowest BCUT2D eigenvalue weighted by Crippen LogP contribution is -2.41. The van der Waals surface area contributed by atoms with Crippen molar-refractivity contribution in [3.63, 3.8) is 0 Å². The van der Waals surface area contributed by atoms with Crippen molar-refractivity contribution in [2.45, 2.75) is 71.6 Å². The van der Waals surface area contributed by atoms with Crippen LogP contribution in [0.15, 0.2) is 59.7 Å². The highest BCUT2D eigenvalue weighted by atomic mass is 19.4. The van der Waals surface area contributed by atoms with E-state index in [1.54, 1.807) is 32.0 Å². The number of aryl methyl sites for hydroxylation is 4. The molecule has 0 unspecified atom stereocenters. The van der Waals surface area contributed by atoms with Crippen molar-refractivity contribution in [2.24, 2.45) is 5.92 Å². The number of amides is 1. The number of aliphatic carboxylic acids is 1. The summed E-state index contributed by atoms with van der Waals surface area (Å²) in [6, 6.07) is 5.18. The third-order valence-electron chi connectivity index (χ3n) is 8.38. The molecule has 13 heteroatoms. The Morgan fingerprint density at radius 1 is 1.02 bits per heavy atom. The lowest BCUT2D eigenvalue weighted by atomic mass is 9.89. The summed E-state index contributed by atoms with van der Waals surface area (Å²) in [5, 5.41) is 12.1. The van der Waals surface area contributed by atoms with E-state index in [4.69, 9.17) is 6.42 Å². The summed E-state index contributed by atoms with van der Waals surface area (Å²) >= 11 is 0. The first-order valence-electron chi connectivity index (χ1n) is 15.9. The average Bonchev–Trinajstić information content (AvgIpc) is 3.03. The maximum Gasteiger partial charge on any atom is 0.416 e. The summed E-state index contributed by atoms with van der Waals surface area (Å²) in [5.41, 5.74) is -3.11. The van der Waals surface area contributed by atoms with Crippen LogP contribution in [-0.4, -0.2) is 26.5 Å². The average molecular weight is 712 g/mol. The second kappa shape index (κ2) is 15.7. The number of hydrogen-bond acceptors (Lipinski definition) is 4. The minimum absolute atomic E-state index is 0.0727. The number of carbonyl (C=O) groups excluding carboxylic acids is 1. The van der Waals surface area contributed by atoms with Crippen LogP contribution in [0, 0.1) is 49.6 Å². The van der Waals surface area contributed by atoms with E-state index in [0.717, 1.165) is 29.0 Å². The number of carboxylic acids is 1. The second-order valence-corrected chi connectivity index (χ2v) is 12.7. The Morgan fingerprint density at radius 2 is 1.69 bits per heavy atom. The van der Waals surface area contributed by atoms with E-state index in [0.29, 0.717) is 11.8 Å². The highest BCUT2D eigenvalue weighted by Gasteiger charge is 2.36. The van der Waals surface area contributed by atoms with Gasteiger partial charge in [-0.1, -0.05) is 25.8 Å². The number of alkyl halides is 3. The molecular formula is C38H35F6N3O4. The molecule has 0 fully saturated rings. The third-order valence-corrected chi connectivity index (χ3v) is 8.38. The van der Waals surface area contributed by atoms with E-state index < -0.39 is 76.3 Å². The number of carbonyl (C=O) groups is 2. The molecule has 1 amide bonds. The molecule has 0 aliphatic rings. The maximum atomic E-state index is 16.5. The molecule has 4 aromatic rings. The van der Waals surface area contributed by atoms with Crippen molar-refractivity contribution < 1.29 is 41.0 Å². The Balaban J connectivity index is 1.85. The van der Waals surface area contributed by atoms with Crippen LogP contribution in [0.1, 0.15) is 77.8 Å². The summed E-state index contributed by atoms with van der Waals surface area (Å²) < 4.78 is 89.6. The van der Waals surface area contributed by atoms with E-state index in [9.17, 15) is 37.1 Å². The van der Waals surface area contributed by atoms with Crippen LogP contribution in [0.3, 0.4) is 0 Å². The van der Waals surface area contributed by atoms with Gasteiger partial charge in [0.15, 0.2) is 0 Å². The minimum Gasteiger partial charge on any atom is -0.481 e. The molecule has 0 radical (unpaired) electrons. The van der Waals surface area contributed by atoms with Gasteiger partial charge in [0.05, 0.1) is 23.6 Å². The van der Waals surface area contributed by atoms with Gasteiger partial charge in [-0.25, -0.2) is 13.2 Å². The molecule has 51 heavy (non-hydrogen) atoms. The predicted octanol–water partition coefficient (Wildman–Crippen LogP) is 7.65. The van der Waals surface area contributed by atoms with E-state index in [1.165, 1.54) is 20.0 Å². The number of nitrogens with one attached hydrogen (secondary N) is 1. The number of benzene rings is 2. The summed E-state index contributed by atoms with van der Waals surface area (Å²) in [6.45, 7) is 6.34. The van der Waals surface area contributed by atoms with Gasteiger partial charge in [0.1, 0.15) is 23.5 Å². The first-order chi connectivity index (χ1) is 23.9. The number of rotatable bonds is 12. The zero-order chi connectivity index (χ0) is 37.8. The lowest BCUT2D eigenvalue weighted by Gasteiger charge is -2.27. The normalized spacial score (nSPS) is 12.7. The Hall–Kier alpha value is -5.38. The Morgan fingerprint density at radius 3 is 2.24 bits per heavy atom. The SMILES string of the molecule is C#Cc1cc(-c2c(C)cc(F)cc2C)c(F)c([C@@H](CC(=O)O)NC(=O)[C@H](CC(C)C)n2cc(CCc3ccccn3)c(C(F)(F)F)cc2=O)c1F. The number of pyridine rings is 2. The van der Waals surface area contributed by atoms with E-state index in [-0.39, 0.29) is 53.0 Å². The van der Waals surface area contributed by atoms with Gasteiger partial charge >= 0.3 is 12.1 Å². The van der Waals surface area contributed by atoms with Crippen LogP contribution in [0.4, 0.5) is 26.3 Å². The van der Waals surface area contributed by atoms with Gasteiger partial charge < -0.3 is 15.0 Å². The molecular weight excluding hydrogens is 676 g/mol. The van der Waals surface area contributed by atoms with Gasteiger partial charge in [-0.15, -0.1) is 6.42 Å². The first kappa shape index (κ1) is 38.4. The van der Waals surface area contributed by atoms with Crippen molar-refractivity contribution >= 4 is 11.9 Å². The third kappa shape index (κ3) is 8.86. The molecule has 0 spiro atoms. The molecule has 2 aromatic heterocycles. The maximum absolute atomic E-state index is 16.5. The Bertz CT molecular complexity index is 2030. The number of halogens is 6. The summed E-state index contributed by atoms with van der Waals surface area (Å²) in [7, 11) is 0. The topological polar surface area (TPSA) is 101 Å². The molecule has 268 valence electrons. The van der Waals surface area contributed by atoms with Gasteiger partial charge in [0.25, 0.3) is 5.56 Å². The van der Waals surface area contributed by atoms with Crippen molar-refractivity contribution in [2.75, 3.05) is 0 Å². The molecule has 2 heterocycles. The van der Waals surface area contributed by atoms with Crippen LogP contribution >= 0.6 is 0 Å². The second-order valence-electron chi connectivity index (χ2n) is 12.7. The summed E-state index contributed by atoms with van der Waals surface area (Å²) in [4.78, 5) is 43.4. The highest BCUT2D eigenvalue weighted by molar-refractivity contribution is 5.82. The standard InChI is InChI=1S/C38H35F6N3O4/c1-6-23-16-27(33-21(4)14-25(39)15-22(33)5)36(41)34(35(23)40)29(18-32(49)50)46-37(51)30(13-20(2)3)47-19-24(10-11-26-9-7-8-12-45-26)28(17-31(47)48)38(42,43)44/h1,7-9,12,14-17,19-20,29-30H,10-11,13,18H2,2-5H3,(H,46,51)(H,49,50)/t29-,30+/m1/s1. The monoisotopic (exact) mass is 711 g/mol. The largest absolute Gasteiger partial charge is 0.481 e. The molecule has 2 N–H and O–H groups in total. The number of nitrogens with zero attached hydrogens (tertiary/aromatic N) is 2. The van der Waals surface area contributed by atoms with Crippen molar-refractivity contribution in [3.05, 3.63) is 122 Å². The first-order valence-corrected chi connectivity index (χ1v) is 15.9. The predicted molar refractivity (Wildman–Crippen MR) is 178 cm³/mol. The van der Waals surface area contributed by atoms with Crippen molar-refractivity contribution in [1.82, 2.24) is 14.9 Å². The quantitative estimate of drug-likeness (QED) is 0.116. The van der Waals surface area contributed by atoms with Gasteiger partial charge in [-0.2, -0.15) is 13.2 Å². The molecule has 2 aromatic carbocycles. The minimum atomic E-state index is -4.91. The molecule has 0 aliphatic carbocycles. The van der Waals surface area contributed by atoms with Crippen LogP contribution in [0.2, 0.25) is 0 Å². The molecule has 0 saturated heterocycles. The molecule has 0 aliphatic heterocycles. The Kier molecular flexibility index (Phi) is 11.8. The van der Waals surface area contributed by atoms with E-state index >= 15 is 8.78 Å². The number of hydrogen-bond donors (Lipinski definition) is 2. The number of terminal acetylenes is 1. The Labute approximate surface area is 290 Å². The fraction of sp³-hybridized carbons (Fsp3) is 0.316. The zero-order valence-electron chi connectivity index (χ0n) is 28.2. The van der Waals surface area contributed by atoms with Gasteiger partial charge in [-0.3, -0.25) is 19.4 Å². The van der Waals surface area contributed by atoms with Crippen molar-refractivity contribution in [3.8, 4) is 23.5 Å². The fourth-order valence-electron chi connectivity index (χ4n) is 6.15. The summed E-state index contributed by atoms with van der Waals surface area (Å²) in [5.74, 6) is -4.08. The van der Waals surface area contributed by atoms with Crippen LogP contribution in [0.5, 0.6) is 0 Å². The van der Waals surface area contributed by atoms with Crippen molar-refractivity contribution in [1.29, 1.82) is 0 Å². The van der Waals surface area contributed by atoms with Crippen LogP contribution < -0.4 is 10.9 Å². The van der Waals surface area contributed by atoms with Crippen LogP contribution in [-0.2, 0) is 28.6 Å². The lowest BCUT2D eigenvalue weighted by molar-refractivity contribution is -0.139. The highest BCUT2D eigenvalue weighted by Crippen LogP contribution is 2.38. The van der Waals surface area contributed by atoms with Gasteiger partial charge in [-0.05, 0) is 91.6 Å². The molecule has 2 atom stereocenters. The van der Waals surface area contributed by atoms with Crippen LogP contribution in [0.25, 0.3) is 11.1 Å². The van der Waals surface area contributed by atoms with Gasteiger partial charge in [0, 0.05) is 35.3 Å². The molecule has 7 nitrogen and oxygen atoms in total. The van der Waals surface area contributed by atoms with E-state index in [1.807, 2.05) is 0 Å². The molecule has 0 saturated carbocycles. The van der Waals surface area contributed by atoms with E-state index in [2.05, 4.69) is 16.2 Å². The smallest absolute Gasteiger partial charge is 0.416 e.